The van der Waals surface area contributed by atoms with Crippen molar-refractivity contribution in [2.75, 3.05) is 7.11 Å². The van der Waals surface area contributed by atoms with Gasteiger partial charge in [0, 0.05) is 30.5 Å². The molecule has 0 aliphatic carbocycles. The minimum Gasteiger partial charge on any atom is -0.497 e. The van der Waals surface area contributed by atoms with Crippen LogP contribution in [0, 0.1) is 12.7 Å². The number of rotatable bonds is 6. The summed E-state index contributed by atoms with van der Waals surface area (Å²) in [5, 5.41) is 0.583. The molecule has 0 spiro atoms. The van der Waals surface area contributed by atoms with E-state index in [1.165, 1.54) is 22.4 Å². The zero-order chi connectivity index (χ0) is 19.4. The number of methoxy groups -OCH3 is 1. The highest BCUT2D eigenvalue weighted by Gasteiger charge is 2.14. The highest BCUT2D eigenvalue weighted by atomic mass is 32.2. The monoisotopic (exact) mass is 384 g/mol. The highest BCUT2D eigenvalue weighted by Crippen LogP contribution is 2.23. The standard InChI is InChI=1S/C21H21FN2O2S/c1-14-18(12-15-8-10-17(26-3)11-9-15)20(25)24(2)21(23-14)27-13-16-6-4-5-7-19(16)22/h4-11H,12-13H2,1-3H3. The van der Waals surface area contributed by atoms with Crippen molar-refractivity contribution in [3.63, 3.8) is 0 Å². The van der Waals surface area contributed by atoms with Crippen LogP contribution in [0.3, 0.4) is 0 Å². The summed E-state index contributed by atoms with van der Waals surface area (Å²) in [5.74, 6) is 0.953. The average molecular weight is 384 g/mol. The molecule has 4 nitrogen and oxygen atoms in total. The molecular weight excluding hydrogens is 363 g/mol. The first kappa shape index (κ1) is 19.2. The van der Waals surface area contributed by atoms with Crippen LogP contribution in [0.4, 0.5) is 4.39 Å². The highest BCUT2D eigenvalue weighted by molar-refractivity contribution is 7.98. The molecule has 3 rings (SSSR count). The van der Waals surface area contributed by atoms with Crippen LogP contribution < -0.4 is 10.3 Å². The smallest absolute Gasteiger partial charge is 0.257 e. The van der Waals surface area contributed by atoms with Gasteiger partial charge in [0.15, 0.2) is 5.16 Å². The van der Waals surface area contributed by atoms with Gasteiger partial charge in [0.25, 0.3) is 5.56 Å². The SMILES string of the molecule is COc1ccc(Cc2c(C)nc(SCc3ccccc3F)n(C)c2=O)cc1. The Morgan fingerprint density at radius 1 is 1.15 bits per heavy atom. The zero-order valence-electron chi connectivity index (χ0n) is 15.5. The van der Waals surface area contributed by atoms with E-state index in [-0.39, 0.29) is 11.4 Å². The van der Waals surface area contributed by atoms with Gasteiger partial charge in [0.2, 0.25) is 0 Å². The maximum Gasteiger partial charge on any atom is 0.257 e. The van der Waals surface area contributed by atoms with E-state index in [0.717, 1.165) is 11.3 Å². The van der Waals surface area contributed by atoms with Crippen LogP contribution in [0.15, 0.2) is 58.5 Å². The van der Waals surface area contributed by atoms with Crippen LogP contribution in [-0.4, -0.2) is 16.7 Å². The van der Waals surface area contributed by atoms with Crippen molar-refractivity contribution in [2.45, 2.75) is 24.3 Å². The molecule has 0 aliphatic heterocycles. The molecule has 0 bridgehead atoms. The van der Waals surface area contributed by atoms with E-state index in [1.54, 1.807) is 32.4 Å². The second kappa shape index (κ2) is 8.39. The fourth-order valence-electron chi connectivity index (χ4n) is 2.77. The fraction of sp³-hybridized carbons (Fsp3) is 0.238. The Kier molecular flexibility index (Phi) is 5.96. The van der Waals surface area contributed by atoms with Crippen molar-refractivity contribution in [1.82, 2.24) is 9.55 Å². The summed E-state index contributed by atoms with van der Waals surface area (Å²) >= 11 is 1.36. The van der Waals surface area contributed by atoms with E-state index in [1.807, 2.05) is 31.2 Å². The third-order valence-corrected chi connectivity index (χ3v) is 5.48. The molecule has 0 atom stereocenters. The first-order chi connectivity index (χ1) is 13.0. The Balaban J connectivity index is 1.82. The Bertz CT molecular complexity index is 1000. The number of halogens is 1. The van der Waals surface area contributed by atoms with Crippen molar-refractivity contribution in [3.8, 4) is 5.75 Å². The van der Waals surface area contributed by atoms with Crippen molar-refractivity contribution in [1.29, 1.82) is 0 Å². The van der Waals surface area contributed by atoms with Crippen LogP contribution in [0.1, 0.15) is 22.4 Å². The molecule has 27 heavy (non-hydrogen) atoms. The van der Waals surface area contributed by atoms with Crippen molar-refractivity contribution in [2.24, 2.45) is 7.05 Å². The van der Waals surface area contributed by atoms with Crippen LogP contribution in [-0.2, 0) is 19.2 Å². The lowest BCUT2D eigenvalue weighted by Crippen LogP contribution is -2.25. The van der Waals surface area contributed by atoms with Gasteiger partial charge < -0.3 is 4.74 Å². The van der Waals surface area contributed by atoms with Gasteiger partial charge >= 0.3 is 0 Å². The van der Waals surface area contributed by atoms with E-state index in [0.29, 0.717) is 34.2 Å². The van der Waals surface area contributed by atoms with E-state index in [2.05, 4.69) is 4.98 Å². The van der Waals surface area contributed by atoms with E-state index in [4.69, 9.17) is 4.74 Å². The number of thioether (sulfide) groups is 1. The van der Waals surface area contributed by atoms with Crippen molar-refractivity contribution in [3.05, 3.63) is 87.1 Å². The van der Waals surface area contributed by atoms with Crippen LogP contribution in [0.25, 0.3) is 0 Å². The molecule has 0 saturated carbocycles. The molecule has 1 heterocycles. The molecule has 3 aromatic rings. The van der Waals surface area contributed by atoms with E-state index in [9.17, 15) is 9.18 Å². The average Bonchev–Trinajstić information content (AvgIpc) is 2.68. The topological polar surface area (TPSA) is 44.1 Å². The van der Waals surface area contributed by atoms with Crippen LogP contribution in [0.5, 0.6) is 5.75 Å². The van der Waals surface area contributed by atoms with Crippen molar-refractivity contribution < 1.29 is 9.13 Å². The summed E-state index contributed by atoms with van der Waals surface area (Å²) in [6.45, 7) is 1.84. The molecule has 0 saturated heterocycles. The first-order valence-corrected chi connectivity index (χ1v) is 9.53. The number of nitrogens with zero attached hydrogens (tertiary/aromatic N) is 2. The Morgan fingerprint density at radius 3 is 2.52 bits per heavy atom. The molecule has 0 fully saturated rings. The van der Waals surface area contributed by atoms with E-state index < -0.39 is 0 Å². The summed E-state index contributed by atoms with van der Waals surface area (Å²) in [6, 6.07) is 14.3. The van der Waals surface area contributed by atoms with Gasteiger partial charge in [0.05, 0.1) is 7.11 Å². The predicted octanol–water partition coefficient (Wildman–Crippen LogP) is 4.12. The zero-order valence-corrected chi connectivity index (χ0v) is 16.3. The fourth-order valence-corrected chi connectivity index (χ4v) is 3.76. The van der Waals surface area contributed by atoms with Gasteiger partial charge in [-0.05, 0) is 36.2 Å². The van der Waals surface area contributed by atoms with Gasteiger partial charge in [-0.15, -0.1) is 0 Å². The van der Waals surface area contributed by atoms with Gasteiger partial charge in [-0.1, -0.05) is 42.1 Å². The Morgan fingerprint density at radius 2 is 1.85 bits per heavy atom. The molecule has 0 N–H and O–H groups in total. The number of hydrogen-bond donors (Lipinski definition) is 0. The molecule has 2 aromatic carbocycles. The van der Waals surface area contributed by atoms with Gasteiger partial charge in [0.1, 0.15) is 11.6 Å². The quantitative estimate of drug-likeness (QED) is 0.474. The normalized spacial score (nSPS) is 10.8. The van der Waals surface area contributed by atoms with Gasteiger partial charge in [-0.25, -0.2) is 9.37 Å². The lowest BCUT2D eigenvalue weighted by Gasteiger charge is -2.12. The summed E-state index contributed by atoms with van der Waals surface area (Å²) < 4.78 is 20.5. The molecule has 0 unspecified atom stereocenters. The largest absolute Gasteiger partial charge is 0.497 e. The lowest BCUT2D eigenvalue weighted by atomic mass is 10.1. The first-order valence-electron chi connectivity index (χ1n) is 8.55. The van der Waals surface area contributed by atoms with Crippen LogP contribution in [0.2, 0.25) is 0 Å². The number of aromatic nitrogens is 2. The van der Waals surface area contributed by atoms with Crippen LogP contribution >= 0.6 is 11.8 Å². The van der Waals surface area contributed by atoms with E-state index >= 15 is 0 Å². The summed E-state index contributed by atoms with van der Waals surface area (Å²) in [4.78, 5) is 17.4. The molecule has 1 aromatic heterocycles. The maximum absolute atomic E-state index is 13.8. The third kappa shape index (κ3) is 4.39. The second-order valence-corrected chi connectivity index (χ2v) is 7.17. The Hall–Kier alpha value is -2.60. The second-order valence-electron chi connectivity index (χ2n) is 6.23. The number of ether oxygens (including phenoxy) is 1. The van der Waals surface area contributed by atoms with Gasteiger partial charge in [-0.3, -0.25) is 9.36 Å². The summed E-state index contributed by atoms with van der Waals surface area (Å²) in [6.07, 6.45) is 0.508. The molecule has 0 radical (unpaired) electrons. The molecule has 140 valence electrons. The summed E-state index contributed by atoms with van der Waals surface area (Å²) in [5.41, 5.74) is 2.90. The molecule has 6 heteroatoms. The Labute approximate surface area is 162 Å². The third-order valence-electron chi connectivity index (χ3n) is 4.40. The minimum atomic E-state index is -0.247. The van der Waals surface area contributed by atoms with Crippen molar-refractivity contribution >= 4 is 11.8 Å². The molecule has 0 aliphatic rings. The maximum atomic E-state index is 13.8. The number of hydrogen-bond acceptors (Lipinski definition) is 4. The lowest BCUT2D eigenvalue weighted by molar-refractivity contribution is 0.414. The van der Waals surface area contributed by atoms with Gasteiger partial charge in [-0.2, -0.15) is 0 Å². The molecule has 0 amide bonds. The predicted molar refractivity (Wildman–Crippen MR) is 106 cm³/mol. The minimum absolute atomic E-state index is 0.0747. The molecular formula is C21H21FN2O2S. The number of aryl methyl sites for hydroxylation is 1. The summed E-state index contributed by atoms with van der Waals surface area (Å²) in [7, 11) is 3.33. The number of benzene rings is 2.